The molecule has 3 nitrogen and oxygen atoms in total. The lowest BCUT2D eigenvalue weighted by atomic mass is 10.2. The molecule has 0 saturated carbocycles. The van der Waals surface area contributed by atoms with E-state index in [9.17, 15) is 0 Å². The molecule has 108 valence electrons. The molecule has 0 N–H and O–H groups in total. The molecule has 0 fully saturated rings. The molecule has 0 bridgehead atoms. The molecular formula is C17H18ClN3. The third-order valence-electron chi connectivity index (χ3n) is 3.48. The molecule has 0 spiro atoms. The molecule has 0 amide bonds. The van der Waals surface area contributed by atoms with Crippen molar-refractivity contribution in [2.75, 3.05) is 14.1 Å². The Morgan fingerprint density at radius 3 is 2.52 bits per heavy atom. The van der Waals surface area contributed by atoms with Crippen LogP contribution in [-0.4, -0.2) is 28.5 Å². The monoisotopic (exact) mass is 299 g/mol. The highest BCUT2D eigenvalue weighted by Crippen LogP contribution is 2.22. The van der Waals surface area contributed by atoms with E-state index in [2.05, 4.69) is 41.8 Å². The summed E-state index contributed by atoms with van der Waals surface area (Å²) in [6.07, 6.45) is 0. The Balaban J connectivity index is 2.09. The summed E-state index contributed by atoms with van der Waals surface area (Å²) in [6.45, 7) is 1.54. The molecule has 4 heteroatoms. The first-order valence-electron chi connectivity index (χ1n) is 6.97. The molecule has 0 saturated heterocycles. The predicted molar refractivity (Wildman–Crippen MR) is 87.7 cm³/mol. The number of nitrogens with zero attached hydrogens (tertiary/aromatic N) is 3. The van der Waals surface area contributed by atoms with Gasteiger partial charge in [-0.1, -0.05) is 41.9 Å². The predicted octanol–water partition coefficient (Wildman–Crippen LogP) is 3.80. The van der Waals surface area contributed by atoms with Crippen molar-refractivity contribution in [3.63, 3.8) is 0 Å². The highest BCUT2D eigenvalue weighted by Gasteiger charge is 2.12. The van der Waals surface area contributed by atoms with Gasteiger partial charge in [0.25, 0.3) is 0 Å². The Morgan fingerprint density at radius 1 is 1.05 bits per heavy atom. The maximum Gasteiger partial charge on any atom is 0.124 e. The number of fused-ring (bicyclic) bond motifs is 1. The van der Waals surface area contributed by atoms with Crippen molar-refractivity contribution in [2.45, 2.75) is 13.1 Å². The van der Waals surface area contributed by atoms with Gasteiger partial charge in [-0.15, -0.1) is 0 Å². The van der Waals surface area contributed by atoms with Crippen LogP contribution < -0.4 is 0 Å². The number of rotatable bonds is 4. The number of para-hydroxylation sites is 2. The summed E-state index contributed by atoms with van der Waals surface area (Å²) in [5.74, 6) is 1.06. The van der Waals surface area contributed by atoms with Crippen molar-refractivity contribution >= 4 is 22.6 Å². The molecule has 0 unspecified atom stereocenters. The summed E-state index contributed by atoms with van der Waals surface area (Å²) >= 11 is 6.31. The second-order valence-electron chi connectivity index (χ2n) is 5.43. The van der Waals surface area contributed by atoms with Gasteiger partial charge in [-0.2, -0.15) is 0 Å². The van der Waals surface area contributed by atoms with E-state index in [4.69, 9.17) is 16.6 Å². The number of imidazole rings is 1. The number of benzene rings is 2. The highest BCUT2D eigenvalue weighted by molar-refractivity contribution is 6.31. The smallest absolute Gasteiger partial charge is 0.124 e. The van der Waals surface area contributed by atoms with Crippen molar-refractivity contribution in [3.8, 4) is 0 Å². The van der Waals surface area contributed by atoms with Gasteiger partial charge in [0.05, 0.1) is 24.1 Å². The fourth-order valence-corrected chi connectivity index (χ4v) is 2.70. The Morgan fingerprint density at radius 2 is 1.76 bits per heavy atom. The van der Waals surface area contributed by atoms with Gasteiger partial charge in [-0.05, 0) is 37.9 Å². The average molecular weight is 300 g/mol. The number of hydrogen-bond donors (Lipinski definition) is 0. The van der Waals surface area contributed by atoms with E-state index >= 15 is 0 Å². The summed E-state index contributed by atoms with van der Waals surface area (Å²) in [5, 5.41) is 0.797. The van der Waals surface area contributed by atoms with Gasteiger partial charge in [-0.3, -0.25) is 0 Å². The van der Waals surface area contributed by atoms with Crippen LogP contribution in [0, 0.1) is 0 Å². The maximum absolute atomic E-state index is 6.31. The molecule has 0 aliphatic rings. The molecule has 21 heavy (non-hydrogen) atoms. The van der Waals surface area contributed by atoms with Crippen molar-refractivity contribution in [2.24, 2.45) is 0 Å². The van der Waals surface area contributed by atoms with E-state index in [0.29, 0.717) is 0 Å². The summed E-state index contributed by atoms with van der Waals surface area (Å²) in [6, 6.07) is 16.2. The van der Waals surface area contributed by atoms with Crippen molar-refractivity contribution in [1.82, 2.24) is 14.5 Å². The second-order valence-corrected chi connectivity index (χ2v) is 5.84. The van der Waals surface area contributed by atoms with Crippen LogP contribution in [0.2, 0.25) is 5.02 Å². The quantitative estimate of drug-likeness (QED) is 0.730. The molecule has 0 aliphatic heterocycles. The van der Waals surface area contributed by atoms with Crippen LogP contribution in [0.5, 0.6) is 0 Å². The Hall–Kier alpha value is -1.84. The summed E-state index contributed by atoms with van der Waals surface area (Å²) in [5.41, 5.74) is 3.29. The minimum absolute atomic E-state index is 0.739. The summed E-state index contributed by atoms with van der Waals surface area (Å²) in [4.78, 5) is 6.89. The third kappa shape index (κ3) is 2.94. The molecule has 2 aromatic carbocycles. The van der Waals surface area contributed by atoms with E-state index < -0.39 is 0 Å². The van der Waals surface area contributed by atoms with E-state index in [1.165, 1.54) is 0 Å². The normalized spacial score (nSPS) is 11.4. The summed E-state index contributed by atoms with van der Waals surface area (Å²) in [7, 11) is 4.11. The number of aromatic nitrogens is 2. The van der Waals surface area contributed by atoms with Crippen molar-refractivity contribution in [1.29, 1.82) is 0 Å². The zero-order valence-corrected chi connectivity index (χ0v) is 13.0. The molecule has 0 atom stereocenters. The minimum atomic E-state index is 0.739. The Labute approximate surface area is 129 Å². The first-order valence-corrected chi connectivity index (χ1v) is 7.35. The largest absolute Gasteiger partial charge is 0.322 e. The van der Waals surface area contributed by atoms with Gasteiger partial charge < -0.3 is 9.47 Å². The number of halogens is 1. The highest BCUT2D eigenvalue weighted by atomic mass is 35.5. The van der Waals surface area contributed by atoms with E-state index in [0.717, 1.165) is 40.5 Å². The molecular weight excluding hydrogens is 282 g/mol. The molecule has 1 aromatic heterocycles. The zero-order chi connectivity index (χ0) is 14.8. The fourth-order valence-electron chi connectivity index (χ4n) is 2.50. The standard InChI is InChI=1S/C17H18ClN3/c1-20(2)12-17-19-15-9-5-6-10-16(15)21(17)11-13-7-3-4-8-14(13)18/h3-10H,11-12H2,1-2H3. The van der Waals surface area contributed by atoms with Crippen LogP contribution in [-0.2, 0) is 13.1 Å². The second kappa shape index (κ2) is 5.88. The average Bonchev–Trinajstić information content (AvgIpc) is 2.78. The van der Waals surface area contributed by atoms with Gasteiger partial charge in [0.1, 0.15) is 5.82 Å². The third-order valence-corrected chi connectivity index (χ3v) is 3.85. The Kier molecular flexibility index (Phi) is 3.95. The van der Waals surface area contributed by atoms with Crippen LogP contribution in [0.1, 0.15) is 11.4 Å². The molecule has 3 rings (SSSR count). The zero-order valence-electron chi connectivity index (χ0n) is 12.3. The molecule has 1 heterocycles. The van der Waals surface area contributed by atoms with E-state index in [1.54, 1.807) is 0 Å². The van der Waals surface area contributed by atoms with Crippen LogP contribution in [0.15, 0.2) is 48.5 Å². The van der Waals surface area contributed by atoms with Crippen LogP contribution in [0.4, 0.5) is 0 Å². The van der Waals surface area contributed by atoms with Crippen LogP contribution >= 0.6 is 11.6 Å². The van der Waals surface area contributed by atoms with Gasteiger partial charge >= 0.3 is 0 Å². The lowest BCUT2D eigenvalue weighted by Crippen LogP contribution is -2.16. The first-order chi connectivity index (χ1) is 10.1. The number of hydrogen-bond acceptors (Lipinski definition) is 2. The summed E-state index contributed by atoms with van der Waals surface area (Å²) < 4.78 is 2.25. The minimum Gasteiger partial charge on any atom is -0.322 e. The van der Waals surface area contributed by atoms with Crippen LogP contribution in [0.3, 0.4) is 0 Å². The van der Waals surface area contributed by atoms with E-state index in [-0.39, 0.29) is 0 Å². The van der Waals surface area contributed by atoms with Crippen LogP contribution in [0.25, 0.3) is 11.0 Å². The molecule has 0 radical (unpaired) electrons. The fraction of sp³-hybridized carbons (Fsp3) is 0.235. The molecule has 3 aromatic rings. The Bertz CT molecular complexity index is 762. The SMILES string of the molecule is CN(C)Cc1nc2ccccc2n1Cc1ccccc1Cl. The lowest BCUT2D eigenvalue weighted by molar-refractivity contribution is 0.384. The first kappa shape index (κ1) is 14.1. The van der Waals surface area contributed by atoms with Gasteiger partial charge in [-0.25, -0.2) is 4.98 Å². The lowest BCUT2D eigenvalue weighted by Gasteiger charge is -2.13. The molecule has 0 aliphatic carbocycles. The van der Waals surface area contributed by atoms with Crippen molar-refractivity contribution in [3.05, 3.63) is 64.9 Å². The van der Waals surface area contributed by atoms with Gasteiger partial charge in [0, 0.05) is 5.02 Å². The maximum atomic E-state index is 6.31. The van der Waals surface area contributed by atoms with Gasteiger partial charge in [0.15, 0.2) is 0 Å². The van der Waals surface area contributed by atoms with Gasteiger partial charge in [0.2, 0.25) is 0 Å². The topological polar surface area (TPSA) is 21.1 Å². The van der Waals surface area contributed by atoms with Crippen molar-refractivity contribution < 1.29 is 0 Å². The van der Waals surface area contributed by atoms with E-state index in [1.807, 2.05) is 30.3 Å².